The van der Waals surface area contributed by atoms with Gasteiger partial charge in [-0.1, -0.05) is 0 Å². The van der Waals surface area contributed by atoms with Crippen LogP contribution < -0.4 is 11.5 Å². The van der Waals surface area contributed by atoms with E-state index in [0.717, 1.165) is 5.01 Å². The molecule has 11 nitrogen and oxygen atoms in total. The molecule has 0 aliphatic carbocycles. The lowest BCUT2D eigenvalue weighted by Gasteiger charge is -2.21. The van der Waals surface area contributed by atoms with Crippen LogP contribution in [0.2, 0.25) is 0 Å². The number of nitroso groups, excluding NO2 is 2. The van der Waals surface area contributed by atoms with Crippen LogP contribution in [0.3, 0.4) is 0 Å². The number of nitrogens with two attached hydrogens (primary N) is 2. The van der Waals surface area contributed by atoms with Gasteiger partial charge in [0.15, 0.2) is 6.04 Å². The first-order valence-corrected chi connectivity index (χ1v) is 6.38. The van der Waals surface area contributed by atoms with E-state index in [4.69, 9.17) is 16.2 Å². The van der Waals surface area contributed by atoms with Crippen LogP contribution in [0.5, 0.6) is 0 Å². The Morgan fingerprint density at radius 1 is 1.24 bits per heavy atom. The second-order valence-corrected chi connectivity index (χ2v) is 4.02. The van der Waals surface area contributed by atoms with Gasteiger partial charge in [0.05, 0.1) is 23.8 Å². The summed E-state index contributed by atoms with van der Waals surface area (Å²) in [6.07, 6.45) is 1.00. The minimum Gasteiger partial charge on any atom is -0.464 e. The molecule has 0 rings (SSSR count). The number of hydrogen-bond acceptors (Lipinski definition) is 8. The summed E-state index contributed by atoms with van der Waals surface area (Å²) < 4.78 is 4.77. The van der Waals surface area contributed by atoms with Gasteiger partial charge in [-0.05, 0) is 26.2 Å². The third-order valence-corrected chi connectivity index (χ3v) is 2.64. The molecule has 0 heterocycles. The molecule has 0 aliphatic heterocycles. The number of urea groups is 1. The van der Waals surface area contributed by atoms with E-state index in [0.29, 0.717) is 24.4 Å². The van der Waals surface area contributed by atoms with Crippen molar-refractivity contribution in [3.8, 4) is 0 Å². The molecule has 4 N–H and O–H groups in total. The molecule has 0 aliphatic rings. The van der Waals surface area contributed by atoms with E-state index in [1.807, 2.05) is 0 Å². The average Bonchev–Trinajstić information content (AvgIpc) is 2.46. The molecule has 0 fully saturated rings. The molecular weight excluding hydrogens is 284 g/mol. The quantitative estimate of drug-likeness (QED) is 0.179. The predicted molar refractivity (Wildman–Crippen MR) is 73.0 cm³/mol. The summed E-state index contributed by atoms with van der Waals surface area (Å²) in [5.41, 5.74) is 10.2. The number of rotatable bonds is 11. The molecule has 0 saturated carbocycles. The monoisotopic (exact) mass is 304 g/mol. The van der Waals surface area contributed by atoms with Crippen LogP contribution in [0.4, 0.5) is 4.79 Å². The number of nitrogens with zero attached hydrogens (tertiary/aromatic N) is 4. The first-order chi connectivity index (χ1) is 10.0. The van der Waals surface area contributed by atoms with Gasteiger partial charge in [0.25, 0.3) is 0 Å². The molecule has 0 saturated heterocycles. The van der Waals surface area contributed by atoms with Crippen LogP contribution in [0.1, 0.15) is 26.2 Å². The van der Waals surface area contributed by atoms with E-state index in [9.17, 15) is 19.4 Å². The van der Waals surface area contributed by atoms with Crippen molar-refractivity contribution in [3.05, 3.63) is 9.81 Å². The first-order valence-electron chi connectivity index (χ1n) is 6.38. The van der Waals surface area contributed by atoms with E-state index >= 15 is 0 Å². The summed E-state index contributed by atoms with van der Waals surface area (Å²) >= 11 is 0. The molecule has 1 atom stereocenters. The normalized spacial score (nSPS) is 11.3. The van der Waals surface area contributed by atoms with Crippen LogP contribution in [0.15, 0.2) is 10.6 Å². The maximum atomic E-state index is 11.7. The summed E-state index contributed by atoms with van der Waals surface area (Å²) in [5.74, 6) is -0.764. The Balaban J connectivity index is 4.54. The van der Waals surface area contributed by atoms with E-state index < -0.39 is 18.0 Å². The first kappa shape index (κ1) is 18.7. The average molecular weight is 304 g/mol. The molecule has 2 amide bonds. The van der Waals surface area contributed by atoms with Crippen molar-refractivity contribution in [2.75, 3.05) is 19.8 Å². The number of carbonyl (C=O) groups excluding carboxylic acids is 2. The second-order valence-electron chi connectivity index (χ2n) is 4.02. The van der Waals surface area contributed by atoms with E-state index in [-0.39, 0.29) is 19.7 Å². The standard InChI is InChI=1S/C10H20N6O5/c1-2-21-9(17)8(16(14-20)10(12)18)5-3-4-6-15(7-11)13-19/h8H,2-7,11H2,1H3,(H2,12,18). The summed E-state index contributed by atoms with van der Waals surface area (Å²) in [6.45, 7) is 1.96. The number of amides is 2. The highest BCUT2D eigenvalue weighted by Crippen LogP contribution is 2.12. The fraction of sp³-hybridized carbons (Fsp3) is 0.800. The van der Waals surface area contributed by atoms with Gasteiger partial charge in [0, 0.05) is 6.54 Å². The van der Waals surface area contributed by atoms with Crippen molar-refractivity contribution in [2.24, 2.45) is 22.0 Å². The zero-order valence-corrected chi connectivity index (χ0v) is 11.8. The number of primary amides is 1. The van der Waals surface area contributed by atoms with Gasteiger partial charge < -0.3 is 16.2 Å². The van der Waals surface area contributed by atoms with Gasteiger partial charge in [0.1, 0.15) is 0 Å². The fourth-order valence-corrected chi connectivity index (χ4v) is 1.63. The lowest BCUT2D eigenvalue weighted by atomic mass is 10.1. The second kappa shape index (κ2) is 10.5. The van der Waals surface area contributed by atoms with E-state index in [2.05, 4.69) is 10.6 Å². The molecule has 11 heteroatoms. The Hall–Kier alpha value is -2.30. The zero-order chi connectivity index (χ0) is 16.3. The van der Waals surface area contributed by atoms with Crippen molar-refractivity contribution < 1.29 is 14.3 Å². The Labute approximate surface area is 121 Å². The molecule has 0 aromatic heterocycles. The zero-order valence-electron chi connectivity index (χ0n) is 11.8. The SMILES string of the molecule is CCOC(=O)C(CCCCN(CN)N=O)N(N=O)C(N)=O. The highest BCUT2D eigenvalue weighted by atomic mass is 16.5. The van der Waals surface area contributed by atoms with Crippen LogP contribution in [-0.4, -0.2) is 47.9 Å². The maximum absolute atomic E-state index is 11.7. The Morgan fingerprint density at radius 3 is 2.33 bits per heavy atom. The van der Waals surface area contributed by atoms with E-state index in [1.165, 1.54) is 0 Å². The molecule has 0 aromatic rings. The number of ether oxygens (including phenoxy) is 1. The van der Waals surface area contributed by atoms with Gasteiger partial charge in [-0.3, -0.25) is 0 Å². The summed E-state index contributed by atoms with van der Waals surface area (Å²) in [7, 11) is 0. The van der Waals surface area contributed by atoms with Crippen molar-refractivity contribution in [2.45, 2.75) is 32.2 Å². The number of hydrogen-bond donors (Lipinski definition) is 2. The van der Waals surface area contributed by atoms with Gasteiger partial charge in [0.2, 0.25) is 0 Å². The van der Waals surface area contributed by atoms with Gasteiger partial charge in [-0.15, -0.1) is 9.81 Å². The smallest absolute Gasteiger partial charge is 0.338 e. The molecule has 0 spiro atoms. The van der Waals surface area contributed by atoms with Crippen LogP contribution >= 0.6 is 0 Å². The summed E-state index contributed by atoms with van der Waals surface area (Å²) in [4.78, 5) is 43.7. The van der Waals surface area contributed by atoms with Crippen LogP contribution in [0, 0.1) is 9.81 Å². The molecular formula is C10H20N6O5. The Morgan fingerprint density at radius 2 is 1.90 bits per heavy atom. The molecule has 0 radical (unpaired) electrons. The summed E-state index contributed by atoms with van der Waals surface area (Å²) in [6, 6.07) is -2.32. The lowest BCUT2D eigenvalue weighted by Crippen LogP contribution is -2.45. The molecule has 1 unspecified atom stereocenters. The van der Waals surface area contributed by atoms with Gasteiger partial charge >= 0.3 is 12.0 Å². The number of unbranched alkanes of at least 4 members (excludes halogenated alkanes) is 1. The third kappa shape index (κ3) is 6.61. The molecule has 0 bridgehead atoms. The van der Waals surface area contributed by atoms with Crippen molar-refractivity contribution in [1.82, 2.24) is 10.0 Å². The maximum Gasteiger partial charge on any atom is 0.338 e. The molecule has 0 aromatic carbocycles. The van der Waals surface area contributed by atoms with Gasteiger partial charge in [-0.2, -0.15) is 5.01 Å². The van der Waals surface area contributed by atoms with Crippen molar-refractivity contribution >= 4 is 12.0 Å². The summed E-state index contributed by atoms with van der Waals surface area (Å²) in [5, 5.41) is 6.57. The number of carbonyl (C=O) groups is 2. The number of esters is 1. The highest BCUT2D eigenvalue weighted by molar-refractivity contribution is 5.82. The topological polar surface area (TPSA) is 161 Å². The minimum atomic E-state index is -1.18. The fourth-order valence-electron chi connectivity index (χ4n) is 1.63. The Bertz CT molecular complexity index is 366. The Kier molecular flexibility index (Phi) is 9.33. The molecule has 120 valence electrons. The lowest BCUT2D eigenvalue weighted by molar-refractivity contribution is -0.148. The van der Waals surface area contributed by atoms with Crippen LogP contribution in [0.25, 0.3) is 0 Å². The van der Waals surface area contributed by atoms with E-state index in [1.54, 1.807) is 6.92 Å². The van der Waals surface area contributed by atoms with Crippen molar-refractivity contribution in [3.63, 3.8) is 0 Å². The predicted octanol–water partition coefficient (Wildman–Crippen LogP) is 0.0501. The molecule has 21 heavy (non-hydrogen) atoms. The van der Waals surface area contributed by atoms with Crippen molar-refractivity contribution in [1.29, 1.82) is 0 Å². The van der Waals surface area contributed by atoms with Gasteiger partial charge in [-0.25, -0.2) is 14.6 Å². The highest BCUT2D eigenvalue weighted by Gasteiger charge is 2.30. The largest absolute Gasteiger partial charge is 0.464 e. The third-order valence-electron chi connectivity index (χ3n) is 2.64. The van der Waals surface area contributed by atoms with Crippen LogP contribution in [-0.2, 0) is 9.53 Å². The minimum absolute atomic E-state index is 0.0197.